The molecule has 2 aliphatic rings. The maximum absolute atomic E-state index is 12.9. The molecule has 0 aromatic heterocycles. The van der Waals surface area contributed by atoms with E-state index in [0.29, 0.717) is 12.5 Å². The molecule has 0 saturated carbocycles. The Labute approximate surface area is 146 Å². The highest BCUT2D eigenvalue weighted by molar-refractivity contribution is 5.74. The van der Waals surface area contributed by atoms with Crippen LogP contribution in [0.15, 0.2) is 42.5 Å². The van der Waals surface area contributed by atoms with Crippen LogP contribution < -0.4 is 10.1 Å². The number of nitrogens with one attached hydrogen (secondary N) is 1. The smallest absolute Gasteiger partial charge is 0.317 e. The number of hydrogen-bond donors (Lipinski definition) is 1. The summed E-state index contributed by atoms with van der Waals surface area (Å²) in [6, 6.07) is 12.5. The topological polar surface area (TPSA) is 41.6 Å². The molecule has 1 N–H and O–H groups in total. The second-order valence-electron chi connectivity index (χ2n) is 6.68. The van der Waals surface area contributed by atoms with Crippen LogP contribution in [-0.4, -0.2) is 30.6 Å². The maximum atomic E-state index is 12.9. The van der Waals surface area contributed by atoms with Crippen LogP contribution in [0.5, 0.6) is 5.75 Å². The molecule has 1 saturated heterocycles. The summed E-state index contributed by atoms with van der Waals surface area (Å²) in [5.41, 5.74) is 3.46. The summed E-state index contributed by atoms with van der Waals surface area (Å²) in [5.74, 6) is 1.11. The van der Waals surface area contributed by atoms with Gasteiger partial charge in [-0.1, -0.05) is 24.3 Å². The molecule has 25 heavy (non-hydrogen) atoms. The number of rotatable bonds is 3. The monoisotopic (exact) mass is 340 g/mol. The van der Waals surface area contributed by atoms with Crippen molar-refractivity contribution in [3.8, 4) is 5.75 Å². The van der Waals surface area contributed by atoms with Crippen molar-refractivity contribution in [3.05, 3.63) is 65.0 Å². The fraction of sp³-hybridized carbons (Fsp3) is 0.350. The first-order valence-corrected chi connectivity index (χ1v) is 8.72. The van der Waals surface area contributed by atoms with E-state index in [1.807, 2.05) is 4.90 Å². The number of hydrogen-bond acceptors (Lipinski definition) is 2. The number of urea groups is 1. The minimum Gasteiger partial charge on any atom is -0.493 e. The van der Waals surface area contributed by atoms with Crippen molar-refractivity contribution in [2.24, 2.45) is 0 Å². The third-order valence-electron chi connectivity index (χ3n) is 5.02. The van der Waals surface area contributed by atoms with Gasteiger partial charge in [0.15, 0.2) is 0 Å². The molecule has 1 fully saturated rings. The first-order chi connectivity index (χ1) is 12.2. The molecule has 0 aliphatic carbocycles. The Kier molecular flexibility index (Phi) is 4.30. The molecule has 2 aliphatic heterocycles. The first-order valence-electron chi connectivity index (χ1n) is 8.72. The number of carbonyl (C=O) groups is 1. The van der Waals surface area contributed by atoms with Crippen molar-refractivity contribution in [1.82, 2.24) is 10.2 Å². The number of amides is 2. The van der Waals surface area contributed by atoms with Gasteiger partial charge in [0, 0.05) is 32.0 Å². The van der Waals surface area contributed by atoms with E-state index in [9.17, 15) is 9.18 Å². The Morgan fingerprint density at radius 2 is 2.08 bits per heavy atom. The van der Waals surface area contributed by atoms with Gasteiger partial charge in [0.05, 0.1) is 6.61 Å². The molecule has 2 aromatic carbocycles. The molecule has 0 bridgehead atoms. The van der Waals surface area contributed by atoms with E-state index in [2.05, 4.69) is 23.5 Å². The summed E-state index contributed by atoms with van der Waals surface area (Å²) in [4.78, 5) is 14.2. The Balaban J connectivity index is 1.34. The lowest BCUT2D eigenvalue weighted by Crippen LogP contribution is -2.37. The molecule has 0 spiro atoms. The van der Waals surface area contributed by atoms with E-state index in [4.69, 9.17) is 4.74 Å². The van der Waals surface area contributed by atoms with Gasteiger partial charge in [-0.05, 0) is 41.3 Å². The van der Waals surface area contributed by atoms with Gasteiger partial charge < -0.3 is 15.0 Å². The number of nitrogens with zero attached hydrogens (tertiary/aromatic N) is 1. The molecule has 0 unspecified atom stereocenters. The van der Waals surface area contributed by atoms with E-state index < -0.39 is 0 Å². The lowest BCUT2D eigenvalue weighted by atomic mass is 9.96. The third-order valence-corrected chi connectivity index (χ3v) is 5.02. The predicted molar refractivity (Wildman–Crippen MR) is 93.2 cm³/mol. The minimum atomic E-state index is -0.266. The number of benzene rings is 2. The highest BCUT2D eigenvalue weighted by Crippen LogP contribution is 2.32. The predicted octanol–water partition coefficient (Wildman–Crippen LogP) is 3.46. The molecule has 4 nitrogen and oxygen atoms in total. The average molecular weight is 340 g/mol. The highest BCUT2D eigenvalue weighted by atomic mass is 19.1. The zero-order valence-electron chi connectivity index (χ0n) is 14.0. The average Bonchev–Trinajstić information content (AvgIpc) is 3.29. The van der Waals surface area contributed by atoms with E-state index >= 15 is 0 Å². The van der Waals surface area contributed by atoms with E-state index in [1.54, 1.807) is 12.1 Å². The van der Waals surface area contributed by atoms with Gasteiger partial charge in [-0.2, -0.15) is 0 Å². The molecule has 5 heteroatoms. The summed E-state index contributed by atoms with van der Waals surface area (Å²) in [6.07, 6.45) is 1.95. The van der Waals surface area contributed by atoms with Gasteiger partial charge >= 0.3 is 6.03 Å². The van der Waals surface area contributed by atoms with Crippen LogP contribution in [0.2, 0.25) is 0 Å². The van der Waals surface area contributed by atoms with Crippen LogP contribution in [0, 0.1) is 5.82 Å². The zero-order chi connectivity index (χ0) is 17.2. The summed E-state index contributed by atoms with van der Waals surface area (Å²) >= 11 is 0. The second-order valence-corrected chi connectivity index (χ2v) is 6.68. The van der Waals surface area contributed by atoms with E-state index in [-0.39, 0.29) is 11.8 Å². The lowest BCUT2D eigenvalue weighted by molar-refractivity contribution is 0.208. The van der Waals surface area contributed by atoms with Gasteiger partial charge in [0.1, 0.15) is 11.6 Å². The summed E-state index contributed by atoms with van der Waals surface area (Å²) in [5, 5.41) is 2.92. The Bertz CT molecular complexity index is 776. The van der Waals surface area contributed by atoms with Crippen molar-refractivity contribution >= 4 is 6.03 Å². The molecule has 0 radical (unpaired) electrons. The standard InChI is InChI=1S/C20H21FN2O2/c21-18-4-1-14(2-5-18)12-22-20(24)23-9-7-17(13-23)15-3-6-19-16(11-15)8-10-25-19/h1-6,11,17H,7-10,12-13H2,(H,22,24)/t17-/m0/s1. The van der Waals surface area contributed by atoms with Crippen molar-refractivity contribution in [1.29, 1.82) is 0 Å². The van der Waals surface area contributed by atoms with E-state index in [1.165, 1.54) is 23.3 Å². The van der Waals surface area contributed by atoms with Crippen molar-refractivity contribution < 1.29 is 13.9 Å². The molecule has 2 heterocycles. The van der Waals surface area contributed by atoms with Gasteiger partial charge in [0.2, 0.25) is 0 Å². The Hall–Kier alpha value is -2.56. The summed E-state index contributed by atoms with van der Waals surface area (Å²) < 4.78 is 18.5. The number of carbonyl (C=O) groups excluding carboxylic acids is 1. The van der Waals surface area contributed by atoms with Crippen LogP contribution in [0.4, 0.5) is 9.18 Å². The third kappa shape index (κ3) is 3.45. The molecule has 1 atom stereocenters. The zero-order valence-corrected chi connectivity index (χ0v) is 14.0. The summed E-state index contributed by atoms with van der Waals surface area (Å²) in [7, 11) is 0. The van der Waals surface area contributed by atoms with Crippen LogP contribution >= 0.6 is 0 Å². The quantitative estimate of drug-likeness (QED) is 0.930. The minimum absolute atomic E-state index is 0.0590. The van der Waals surface area contributed by atoms with Gasteiger partial charge in [-0.3, -0.25) is 0 Å². The summed E-state index contributed by atoms with van der Waals surface area (Å²) in [6.45, 7) is 2.67. The SMILES string of the molecule is O=C(NCc1ccc(F)cc1)N1CC[C@H](c2ccc3c(c2)CCO3)C1. The van der Waals surface area contributed by atoms with Gasteiger partial charge in [-0.15, -0.1) is 0 Å². The van der Waals surface area contributed by atoms with Crippen molar-refractivity contribution in [2.75, 3.05) is 19.7 Å². The number of fused-ring (bicyclic) bond motifs is 1. The molecular weight excluding hydrogens is 319 g/mol. The highest BCUT2D eigenvalue weighted by Gasteiger charge is 2.28. The second kappa shape index (κ2) is 6.75. The fourth-order valence-electron chi connectivity index (χ4n) is 3.57. The first kappa shape index (κ1) is 15.9. The van der Waals surface area contributed by atoms with Crippen LogP contribution in [-0.2, 0) is 13.0 Å². The number of ether oxygens (including phenoxy) is 1. The molecule has 2 aromatic rings. The Morgan fingerprint density at radius 1 is 1.24 bits per heavy atom. The molecule has 130 valence electrons. The maximum Gasteiger partial charge on any atom is 0.317 e. The molecule has 4 rings (SSSR count). The largest absolute Gasteiger partial charge is 0.493 e. The van der Waals surface area contributed by atoms with Crippen LogP contribution in [0.1, 0.15) is 29.0 Å². The van der Waals surface area contributed by atoms with Crippen LogP contribution in [0.25, 0.3) is 0 Å². The lowest BCUT2D eigenvalue weighted by Gasteiger charge is -2.18. The van der Waals surface area contributed by atoms with Crippen molar-refractivity contribution in [3.63, 3.8) is 0 Å². The molecule has 2 amide bonds. The van der Waals surface area contributed by atoms with Crippen LogP contribution in [0.3, 0.4) is 0 Å². The van der Waals surface area contributed by atoms with E-state index in [0.717, 1.165) is 43.9 Å². The normalized spacial score (nSPS) is 18.8. The van der Waals surface area contributed by atoms with Gasteiger partial charge in [0.25, 0.3) is 0 Å². The Morgan fingerprint density at radius 3 is 2.92 bits per heavy atom. The van der Waals surface area contributed by atoms with Gasteiger partial charge in [-0.25, -0.2) is 9.18 Å². The molecular formula is C20H21FN2O2. The number of likely N-dealkylation sites (tertiary alicyclic amines) is 1. The fourth-order valence-corrected chi connectivity index (χ4v) is 3.57. The number of halogens is 1. The van der Waals surface area contributed by atoms with Crippen molar-refractivity contribution in [2.45, 2.75) is 25.3 Å².